The van der Waals surface area contributed by atoms with Crippen molar-refractivity contribution in [2.45, 2.75) is 44.6 Å². The predicted molar refractivity (Wildman–Crippen MR) is 137 cm³/mol. The van der Waals surface area contributed by atoms with Crippen LogP contribution in [-0.4, -0.2) is 95.1 Å². The van der Waals surface area contributed by atoms with Crippen molar-refractivity contribution < 1.29 is 13.2 Å². The summed E-state index contributed by atoms with van der Waals surface area (Å²) in [6.45, 7) is 3.77. The lowest BCUT2D eigenvalue weighted by Crippen LogP contribution is -2.43. The van der Waals surface area contributed by atoms with Crippen LogP contribution in [0.25, 0.3) is 11.0 Å². The van der Waals surface area contributed by atoms with Gasteiger partial charge in [-0.3, -0.25) is 10.00 Å². The average molecular weight is 516 g/mol. The Bertz CT molecular complexity index is 1240. The molecule has 194 valence electrons. The number of nitrogens with one attached hydrogen (secondary N) is 1. The molecule has 1 N–H and O–H groups in total. The first-order chi connectivity index (χ1) is 17.5. The van der Waals surface area contributed by atoms with Gasteiger partial charge in [-0.05, 0) is 12.8 Å². The average Bonchev–Trinajstić information content (AvgIpc) is 3.19. The second-order valence-electron chi connectivity index (χ2n) is 9.39. The van der Waals surface area contributed by atoms with Crippen molar-refractivity contribution in [2.75, 3.05) is 54.9 Å². The van der Waals surface area contributed by atoms with Gasteiger partial charge in [0.15, 0.2) is 5.65 Å². The molecule has 0 amide bonds. The van der Waals surface area contributed by atoms with E-state index in [0.29, 0.717) is 31.4 Å². The molecular formula is C23H33N9O3S. The molecule has 3 aromatic heterocycles. The summed E-state index contributed by atoms with van der Waals surface area (Å²) in [6, 6.07) is 0.203. The van der Waals surface area contributed by atoms with Crippen LogP contribution in [0, 0.1) is 0 Å². The third-order valence-corrected chi connectivity index (χ3v) is 7.98. The second-order valence-corrected chi connectivity index (χ2v) is 11.3. The van der Waals surface area contributed by atoms with Gasteiger partial charge in [0.05, 0.1) is 49.1 Å². The Balaban J connectivity index is 1.42. The number of rotatable bonds is 8. The number of morpholine rings is 1. The predicted octanol–water partition coefficient (Wildman–Crippen LogP) is 2.10. The van der Waals surface area contributed by atoms with E-state index in [9.17, 15) is 8.42 Å². The van der Waals surface area contributed by atoms with Crippen LogP contribution in [0.15, 0.2) is 24.8 Å². The van der Waals surface area contributed by atoms with E-state index in [1.165, 1.54) is 23.4 Å². The highest BCUT2D eigenvalue weighted by Crippen LogP contribution is 2.32. The fourth-order valence-electron chi connectivity index (χ4n) is 4.89. The Morgan fingerprint density at radius 3 is 2.39 bits per heavy atom. The normalized spacial score (nSPS) is 18.2. The molecular weight excluding hydrogens is 482 g/mol. The molecule has 1 saturated carbocycles. The van der Waals surface area contributed by atoms with Crippen molar-refractivity contribution in [2.24, 2.45) is 0 Å². The first-order valence-electron chi connectivity index (χ1n) is 12.5. The van der Waals surface area contributed by atoms with Gasteiger partial charge in [0.1, 0.15) is 0 Å². The maximum absolute atomic E-state index is 12.6. The van der Waals surface area contributed by atoms with Crippen LogP contribution in [0.5, 0.6) is 0 Å². The molecule has 1 saturated heterocycles. The molecule has 0 unspecified atom stereocenters. The summed E-state index contributed by atoms with van der Waals surface area (Å²) in [5.74, 6) is 0.725. The summed E-state index contributed by atoms with van der Waals surface area (Å²) < 4.78 is 31.8. The molecule has 3 aromatic rings. The topological polar surface area (TPSA) is 133 Å². The molecule has 0 spiro atoms. The van der Waals surface area contributed by atoms with Crippen LogP contribution >= 0.6 is 0 Å². The monoisotopic (exact) mass is 515 g/mol. The van der Waals surface area contributed by atoms with E-state index in [-0.39, 0.29) is 18.5 Å². The number of aromatic amines is 1. The van der Waals surface area contributed by atoms with E-state index < -0.39 is 10.0 Å². The lowest BCUT2D eigenvalue weighted by molar-refractivity contribution is 0.0395. The largest absolute Gasteiger partial charge is 0.379 e. The van der Waals surface area contributed by atoms with Crippen molar-refractivity contribution in [3.8, 4) is 0 Å². The fourth-order valence-corrected chi connectivity index (χ4v) is 5.69. The SMILES string of the molecule is CS(=O)(=O)N(CCN1CCOCC1)c1ncc(N(c2ncc3cn[nH]c3n2)C2CCCCCC2)cn1. The van der Waals surface area contributed by atoms with Crippen LogP contribution in [0.1, 0.15) is 38.5 Å². The van der Waals surface area contributed by atoms with Crippen molar-refractivity contribution >= 4 is 38.6 Å². The van der Waals surface area contributed by atoms with Crippen LogP contribution in [-0.2, 0) is 14.8 Å². The van der Waals surface area contributed by atoms with Gasteiger partial charge in [0, 0.05) is 38.4 Å². The Labute approximate surface area is 211 Å². The zero-order valence-electron chi connectivity index (χ0n) is 20.6. The van der Waals surface area contributed by atoms with E-state index in [1.807, 2.05) is 0 Å². The molecule has 0 aromatic carbocycles. The Hall–Kier alpha value is -2.90. The number of nitrogens with zero attached hydrogens (tertiary/aromatic N) is 8. The van der Waals surface area contributed by atoms with Crippen LogP contribution < -0.4 is 9.21 Å². The van der Waals surface area contributed by atoms with Crippen molar-refractivity contribution in [3.63, 3.8) is 0 Å². The molecule has 0 bridgehead atoms. The quantitative estimate of drug-likeness (QED) is 0.445. The third-order valence-electron chi connectivity index (χ3n) is 6.83. The lowest BCUT2D eigenvalue weighted by atomic mass is 10.1. The Kier molecular flexibility index (Phi) is 7.58. The van der Waals surface area contributed by atoms with E-state index >= 15 is 0 Å². The summed E-state index contributed by atoms with van der Waals surface area (Å²) >= 11 is 0. The summed E-state index contributed by atoms with van der Waals surface area (Å²) in [5, 5.41) is 7.83. The number of hydrogen-bond donors (Lipinski definition) is 1. The summed E-state index contributed by atoms with van der Waals surface area (Å²) in [6.07, 6.45) is 14.7. The minimum atomic E-state index is -3.55. The molecule has 13 heteroatoms. The van der Waals surface area contributed by atoms with Crippen molar-refractivity contribution in [1.82, 2.24) is 35.0 Å². The number of H-pyrrole nitrogens is 1. The molecule has 4 heterocycles. The van der Waals surface area contributed by atoms with Crippen LogP contribution in [0.4, 0.5) is 17.6 Å². The minimum Gasteiger partial charge on any atom is -0.379 e. The molecule has 36 heavy (non-hydrogen) atoms. The molecule has 2 aliphatic rings. The summed E-state index contributed by atoms with van der Waals surface area (Å²) in [4.78, 5) is 22.6. The maximum Gasteiger partial charge on any atom is 0.239 e. The lowest BCUT2D eigenvalue weighted by Gasteiger charge is -2.31. The standard InChI is InChI=1S/C23H33N9O3S/c1-36(33,34)31(9-8-30-10-12-35-13-11-30)22-25-16-20(17-26-22)32(19-6-4-2-3-5-7-19)23-24-14-18-15-27-29-21(18)28-23/h14-17,19H,2-13H2,1H3,(H,24,27,28,29). The zero-order valence-corrected chi connectivity index (χ0v) is 21.4. The zero-order chi connectivity index (χ0) is 25.0. The molecule has 1 aliphatic carbocycles. The van der Waals surface area contributed by atoms with Gasteiger partial charge in [-0.1, -0.05) is 25.7 Å². The van der Waals surface area contributed by atoms with E-state index in [2.05, 4.69) is 34.9 Å². The van der Waals surface area contributed by atoms with Gasteiger partial charge in [0.25, 0.3) is 0 Å². The Morgan fingerprint density at radius 1 is 1.00 bits per heavy atom. The highest BCUT2D eigenvalue weighted by molar-refractivity contribution is 7.92. The number of ether oxygens (including phenoxy) is 1. The molecule has 5 rings (SSSR count). The van der Waals surface area contributed by atoms with Gasteiger partial charge < -0.3 is 9.64 Å². The van der Waals surface area contributed by atoms with Crippen LogP contribution in [0.3, 0.4) is 0 Å². The minimum absolute atomic E-state index is 0.167. The van der Waals surface area contributed by atoms with E-state index in [4.69, 9.17) is 9.72 Å². The van der Waals surface area contributed by atoms with Crippen molar-refractivity contribution in [1.29, 1.82) is 0 Å². The molecule has 1 aliphatic heterocycles. The molecule has 2 fully saturated rings. The summed E-state index contributed by atoms with van der Waals surface area (Å²) in [5.41, 5.74) is 1.41. The Morgan fingerprint density at radius 2 is 1.69 bits per heavy atom. The molecule has 0 atom stereocenters. The van der Waals surface area contributed by atoms with Gasteiger partial charge >= 0.3 is 0 Å². The van der Waals surface area contributed by atoms with Gasteiger partial charge in [-0.15, -0.1) is 0 Å². The fraction of sp³-hybridized carbons (Fsp3) is 0.609. The first-order valence-corrected chi connectivity index (χ1v) is 14.4. The smallest absolute Gasteiger partial charge is 0.239 e. The van der Waals surface area contributed by atoms with Crippen molar-refractivity contribution in [3.05, 3.63) is 24.8 Å². The highest BCUT2D eigenvalue weighted by atomic mass is 32.2. The number of fused-ring (bicyclic) bond motifs is 1. The van der Waals surface area contributed by atoms with Gasteiger partial charge in [0.2, 0.25) is 21.9 Å². The third kappa shape index (κ3) is 5.73. The highest BCUT2D eigenvalue weighted by Gasteiger charge is 2.27. The number of anilines is 3. The number of sulfonamides is 1. The van der Waals surface area contributed by atoms with Crippen LogP contribution in [0.2, 0.25) is 0 Å². The maximum atomic E-state index is 12.6. The van der Waals surface area contributed by atoms with Gasteiger partial charge in [-0.25, -0.2) is 27.7 Å². The molecule has 0 radical (unpaired) electrons. The van der Waals surface area contributed by atoms with E-state index in [0.717, 1.165) is 49.8 Å². The van der Waals surface area contributed by atoms with E-state index in [1.54, 1.807) is 24.8 Å². The second kappa shape index (κ2) is 11.0. The number of aromatic nitrogens is 6. The van der Waals surface area contributed by atoms with Gasteiger partial charge in [-0.2, -0.15) is 10.1 Å². The number of hydrogen-bond acceptors (Lipinski definition) is 10. The first kappa shape index (κ1) is 24.8. The summed E-state index contributed by atoms with van der Waals surface area (Å²) in [7, 11) is -3.55. The molecule has 12 nitrogen and oxygen atoms in total.